The Balaban J connectivity index is 2.68. The summed E-state index contributed by atoms with van der Waals surface area (Å²) < 4.78 is 0. The molecule has 1 rings (SSSR count). The molecule has 0 bridgehead atoms. The highest BCUT2D eigenvalue weighted by atomic mass is 14.8. The summed E-state index contributed by atoms with van der Waals surface area (Å²) in [4.78, 5) is 0. The third-order valence-corrected chi connectivity index (χ3v) is 2.30. The predicted octanol–water partition coefficient (Wildman–Crippen LogP) is 2.53. The summed E-state index contributed by atoms with van der Waals surface area (Å²) in [7, 11) is 0. The normalized spacial score (nSPS) is 10.2. The summed E-state index contributed by atoms with van der Waals surface area (Å²) >= 11 is 0. The Morgan fingerprint density at radius 2 is 1.86 bits per heavy atom. The van der Waals surface area contributed by atoms with Gasteiger partial charge < -0.3 is 5.32 Å². The van der Waals surface area contributed by atoms with Crippen molar-refractivity contribution in [3.05, 3.63) is 35.9 Å². The van der Waals surface area contributed by atoms with Gasteiger partial charge in [0.25, 0.3) is 0 Å². The maximum absolute atomic E-state index is 3.11. The number of benzene rings is 1. The smallest absolute Gasteiger partial charge is 0.0321 e. The molecule has 0 amide bonds. The molecule has 14 heavy (non-hydrogen) atoms. The molecule has 0 unspecified atom stereocenters. The minimum Gasteiger partial charge on any atom is -0.345 e. The summed E-state index contributed by atoms with van der Waals surface area (Å²) in [5, 5.41) is 3.11. The third-order valence-electron chi connectivity index (χ3n) is 2.30. The van der Waals surface area contributed by atoms with Crippen molar-refractivity contribution in [2.75, 3.05) is 6.54 Å². The minimum atomic E-state index is 0.130. The van der Waals surface area contributed by atoms with Crippen LogP contribution < -0.4 is 5.32 Å². The summed E-state index contributed by atoms with van der Waals surface area (Å²) in [6.07, 6.45) is 0. The van der Waals surface area contributed by atoms with E-state index in [1.807, 2.05) is 13.0 Å². The van der Waals surface area contributed by atoms with Gasteiger partial charge in [-0.25, -0.2) is 0 Å². The van der Waals surface area contributed by atoms with Crippen LogP contribution in [0.2, 0.25) is 0 Å². The molecular weight excluding hydrogens is 170 g/mol. The second kappa shape index (κ2) is 4.72. The van der Waals surface area contributed by atoms with E-state index in [0.29, 0.717) is 0 Å². The predicted molar refractivity (Wildman–Crippen MR) is 60.9 cm³/mol. The average Bonchev–Trinajstić information content (AvgIpc) is 2.19. The molecule has 0 saturated heterocycles. The summed E-state index contributed by atoms with van der Waals surface area (Å²) in [5.41, 5.74) is 1.47. The van der Waals surface area contributed by atoms with E-state index in [1.54, 1.807) is 0 Å². The van der Waals surface area contributed by atoms with Crippen molar-refractivity contribution < 1.29 is 0 Å². The van der Waals surface area contributed by atoms with Gasteiger partial charge in [0, 0.05) is 18.0 Å². The maximum atomic E-state index is 3.11. The van der Waals surface area contributed by atoms with E-state index < -0.39 is 0 Å². The van der Waals surface area contributed by atoms with E-state index in [9.17, 15) is 0 Å². The Hall–Kier alpha value is -1.42. The molecule has 0 atom stereocenters. The lowest BCUT2D eigenvalue weighted by Gasteiger charge is -2.24. The molecule has 1 heteroatoms. The summed E-state index contributed by atoms with van der Waals surface area (Å²) in [5.74, 6) is 2.83. The van der Waals surface area contributed by atoms with E-state index in [4.69, 9.17) is 0 Å². The zero-order chi connectivity index (χ0) is 10.4. The van der Waals surface area contributed by atoms with Crippen LogP contribution in [0.1, 0.15) is 26.3 Å². The molecule has 0 aliphatic heterocycles. The molecule has 0 aliphatic carbocycles. The van der Waals surface area contributed by atoms with Crippen molar-refractivity contribution in [2.45, 2.75) is 26.2 Å². The lowest BCUT2D eigenvalue weighted by atomic mass is 9.85. The molecule has 0 radical (unpaired) electrons. The van der Waals surface area contributed by atoms with Gasteiger partial charge in [0.15, 0.2) is 0 Å². The van der Waals surface area contributed by atoms with Crippen LogP contribution in [0.4, 0.5) is 0 Å². The zero-order valence-electron chi connectivity index (χ0n) is 9.09. The monoisotopic (exact) mass is 187 g/mol. The Labute approximate surface area is 86.5 Å². The summed E-state index contributed by atoms with van der Waals surface area (Å²) in [6, 6.07) is 13.4. The van der Waals surface area contributed by atoms with E-state index >= 15 is 0 Å². The second-order valence-corrected chi connectivity index (χ2v) is 3.98. The first-order chi connectivity index (χ1) is 6.67. The Morgan fingerprint density at radius 1 is 1.21 bits per heavy atom. The van der Waals surface area contributed by atoms with Gasteiger partial charge in [0.1, 0.15) is 0 Å². The maximum Gasteiger partial charge on any atom is 0.0321 e. The highest BCUT2D eigenvalue weighted by Gasteiger charge is 2.18. The number of nitrogens with one attached hydrogen (secondary N) is 1. The van der Waals surface area contributed by atoms with Crippen LogP contribution in [-0.4, -0.2) is 6.54 Å². The number of hydrogen-bond donors (Lipinski definition) is 1. The van der Waals surface area contributed by atoms with Crippen molar-refractivity contribution in [3.63, 3.8) is 0 Å². The molecule has 1 N–H and O–H groups in total. The molecule has 0 fully saturated rings. The van der Waals surface area contributed by atoms with Gasteiger partial charge in [-0.05, 0) is 12.5 Å². The zero-order valence-corrected chi connectivity index (χ0v) is 9.09. The quantitative estimate of drug-likeness (QED) is 0.566. The first-order valence-electron chi connectivity index (χ1n) is 4.87. The van der Waals surface area contributed by atoms with Crippen LogP contribution in [0.3, 0.4) is 0 Å². The lowest BCUT2D eigenvalue weighted by molar-refractivity contribution is 0.509. The van der Waals surface area contributed by atoms with E-state index in [1.165, 1.54) is 5.56 Å². The van der Waals surface area contributed by atoms with Gasteiger partial charge in [0.2, 0.25) is 0 Å². The van der Waals surface area contributed by atoms with E-state index in [2.05, 4.69) is 55.4 Å². The van der Waals surface area contributed by atoms with Crippen LogP contribution in [0.15, 0.2) is 30.3 Å². The van der Waals surface area contributed by atoms with Crippen molar-refractivity contribution >= 4 is 0 Å². The van der Waals surface area contributed by atoms with Gasteiger partial charge >= 0.3 is 0 Å². The number of hydrogen-bond acceptors (Lipinski definition) is 1. The van der Waals surface area contributed by atoms with Crippen LogP contribution in [0.25, 0.3) is 0 Å². The van der Waals surface area contributed by atoms with E-state index in [0.717, 1.165) is 6.54 Å². The Kier molecular flexibility index (Phi) is 3.59. The largest absolute Gasteiger partial charge is 0.345 e. The van der Waals surface area contributed by atoms with Gasteiger partial charge in [-0.3, -0.25) is 0 Å². The Morgan fingerprint density at radius 3 is 2.43 bits per heavy atom. The average molecular weight is 187 g/mol. The van der Waals surface area contributed by atoms with Crippen LogP contribution in [0, 0.1) is 12.0 Å². The third kappa shape index (κ3) is 2.81. The van der Waals surface area contributed by atoms with Gasteiger partial charge in [-0.1, -0.05) is 50.1 Å². The fraction of sp³-hybridized carbons (Fsp3) is 0.385. The molecule has 1 nitrogen and oxygen atoms in total. The molecule has 74 valence electrons. The van der Waals surface area contributed by atoms with Crippen molar-refractivity contribution in [1.29, 1.82) is 0 Å². The minimum absolute atomic E-state index is 0.130. The molecule has 0 spiro atoms. The van der Waals surface area contributed by atoms with Crippen LogP contribution >= 0.6 is 0 Å². The Bertz CT molecular complexity index is 327. The van der Waals surface area contributed by atoms with E-state index in [-0.39, 0.29) is 5.41 Å². The fourth-order valence-electron chi connectivity index (χ4n) is 1.34. The number of rotatable bonds is 3. The van der Waals surface area contributed by atoms with Gasteiger partial charge in [0.05, 0.1) is 0 Å². The van der Waals surface area contributed by atoms with Crippen molar-refractivity contribution in [1.82, 2.24) is 5.32 Å². The second-order valence-electron chi connectivity index (χ2n) is 3.98. The lowest BCUT2D eigenvalue weighted by Crippen LogP contribution is -2.30. The molecular formula is C13H17N. The van der Waals surface area contributed by atoms with Gasteiger partial charge in [-0.15, -0.1) is 0 Å². The van der Waals surface area contributed by atoms with Crippen molar-refractivity contribution in [2.24, 2.45) is 0 Å². The fourth-order valence-corrected chi connectivity index (χ4v) is 1.34. The molecule has 0 saturated carbocycles. The highest BCUT2D eigenvalue weighted by Crippen LogP contribution is 2.21. The first-order valence-corrected chi connectivity index (χ1v) is 4.87. The van der Waals surface area contributed by atoms with Gasteiger partial charge in [-0.2, -0.15) is 0 Å². The molecule has 0 aliphatic rings. The topological polar surface area (TPSA) is 12.0 Å². The molecule has 0 heterocycles. The summed E-state index contributed by atoms with van der Waals surface area (Å²) in [6.45, 7) is 7.14. The van der Waals surface area contributed by atoms with Crippen molar-refractivity contribution in [3.8, 4) is 12.0 Å². The SMILES string of the molecule is CC#CNCC(C)(C)c1ccccc1. The standard InChI is InChI=1S/C13H17N/c1-4-10-14-11-13(2,3)12-8-6-5-7-9-12/h5-9,14H,11H2,1-3H3. The highest BCUT2D eigenvalue weighted by molar-refractivity contribution is 5.24. The molecule has 0 aromatic heterocycles. The van der Waals surface area contributed by atoms with Crippen LogP contribution in [-0.2, 0) is 5.41 Å². The molecule has 1 aromatic rings. The first kappa shape index (κ1) is 10.7. The molecule has 1 aromatic carbocycles. The van der Waals surface area contributed by atoms with Crippen LogP contribution in [0.5, 0.6) is 0 Å².